The Morgan fingerprint density at radius 2 is 1.78 bits per heavy atom. The van der Waals surface area contributed by atoms with E-state index in [1.54, 1.807) is 0 Å². The van der Waals surface area contributed by atoms with Crippen LogP contribution in [0, 0.1) is 13.8 Å². The van der Waals surface area contributed by atoms with Crippen LogP contribution >= 0.6 is 11.8 Å². The minimum Gasteiger partial charge on any atom is -0.326 e. The Morgan fingerprint density at radius 3 is 2.50 bits per heavy atom. The van der Waals surface area contributed by atoms with Crippen molar-refractivity contribution in [1.29, 1.82) is 0 Å². The van der Waals surface area contributed by atoms with Crippen molar-refractivity contribution in [2.75, 3.05) is 0 Å². The summed E-state index contributed by atoms with van der Waals surface area (Å²) in [6.07, 6.45) is 0. The summed E-state index contributed by atoms with van der Waals surface area (Å²) in [6, 6.07) is 15.1. The molecule has 0 radical (unpaired) electrons. The number of rotatable bonds is 4. The summed E-state index contributed by atoms with van der Waals surface area (Å²) in [7, 11) is 0. The smallest absolute Gasteiger partial charge is 0.0232 e. The van der Waals surface area contributed by atoms with Crippen LogP contribution in [0.5, 0.6) is 0 Å². The molecule has 0 saturated carbocycles. The van der Waals surface area contributed by atoms with Gasteiger partial charge in [-0.1, -0.05) is 30.3 Å². The van der Waals surface area contributed by atoms with Gasteiger partial charge in [0, 0.05) is 17.2 Å². The van der Waals surface area contributed by atoms with Gasteiger partial charge in [-0.15, -0.1) is 11.8 Å². The topological polar surface area (TPSA) is 26.0 Å². The van der Waals surface area contributed by atoms with Crippen LogP contribution < -0.4 is 5.73 Å². The lowest BCUT2D eigenvalue weighted by molar-refractivity contribution is 1.06. The molecular formula is C16H19NS. The highest BCUT2D eigenvalue weighted by Crippen LogP contribution is 2.24. The van der Waals surface area contributed by atoms with Crippen LogP contribution in [-0.4, -0.2) is 0 Å². The van der Waals surface area contributed by atoms with Gasteiger partial charge in [-0.05, 0) is 48.2 Å². The van der Waals surface area contributed by atoms with E-state index in [2.05, 4.69) is 56.3 Å². The Morgan fingerprint density at radius 1 is 0.944 bits per heavy atom. The van der Waals surface area contributed by atoms with Gasteiger partial charge < -0.3 is 5.73 Å². The van der Waals surface area contributed by atoms with Crippen LogP contribution in [0.4, 0.5) is 0 Å². The minimum atomic E-state index is 0.609. The Kier molecular flexibility index (Phi) is 4.45. The van der Waals surface area contributed by atoms with Crippen molar-refractivity contribution in [3.8, 4) is 0 Å². The molecule has 2 heteroatoms. The molecular weight excluding hydrogens is 238 g/mol. The standard InChI is InChI=1S/C16H19NS/c1-12-6-7-15(8-13(12)2)11-18-16-5-3-4-14(9-16)10-17/h3-9H,10-11,17H2,1-2H3. The van der Waals surface area contributed by atoms with E-state index in [-0.39, 0.29) is 0 Å². The van der Waals surface area contributed by atoms with Crippen LogP contribution in [0.3, 0.4) is 0 Å². The van der Waals surface area contributed by atoms with Crippen molar-refractivity contribution in [3.63, 3.8) is 0 Å². The van der Waals surface area contributed by atoms with Crippen LogP contribution in [0.1, 0.15) is 22.3 Å². The fraction of sp³-hybridized carbons (Fsp3) is 0.250. The molecule has 0 amide bonds. The summed E-state index contributed by atoms with van der Waals surface area (Å²) >= 11 is 1.86. The molecule has 2 aromatic rings. The summed E-state index contributed by atoms with van der Waals surface area (Å²) in [4.78, 5) is 1.29. The molecule has 1 nitrogen and oxygen atoms in total. The van der Waals surface area contributed by atoms with Gasteiger partial charge in [0.05, 0.1) is 0 Å². The summed E-state index contributed by atoms with van der Waals surface area (Å²) in [5.41, 5.74) is 10.9. The number of nitrogens with two attached hydrogens (primary N) is 1. The van der Waals surface area contributed by atoms with E-state index >= 15 is 0 Å². The van der Waals surface area contributed by atoms with E-state index in [0.717, 1.165) is 5.75 Å². The van der Waals surface area contributed by atoms with Gasteiger partial charge in [-0.2, -0.15) is 0 Å². The third kappa shape index (κ3) is 3.37. The quantitative estimate of drug-likeness (QED) is 0.836. The number of aryl methyl sites for hydroxylation is 2. The van der Waals surface area contributed by atoms with E-state index < -0.39 is 0 Å². The highest BCUT2D eigenvalue weighted by atomic mass is 32.2. The molecule has 18 heavy (non-hydrogen) atoms. The molecule has 0 heterocycles. The first kappa shape index (κ1) is 13.2. The lowest BCUT2D eigenvalue weighted by atomic mass is 10.1. The van der Waals surface area contributed by atoms with E-state index in [1.165, 1.54) is 27.1 Å². The van der Waals surface area contributed by atoms with Gasteiger partial charge in [-0.25, -0.2) is 0 Å². The average molecular weight is 257 g/mol. The second-order valence-corrected chi connectivity index (χ2v) is 5.61. The zero-order valence-corrected chi connectivity index (χ0v) is 11.8. The fourth-order valence-electron chi connectivity index (χ4n) is 1.82. The molecule has 0 spiro atoms. The zero-order chi connectivity index (χ0) is 13.0. The zero-order valence-electron chi connectivity index (χ0n) is 10.9. The highest BCUT2D eigenvalue weighted by molar-refractivity contribution is 7.98. The van der Waals surface area contributed by atoms with E-state index in [1.807, 2.05) is 11.8 Å². The van der Waals surface area contributed by atoms with Gasteiger partial charge in [0.2, 0.25) is 0 Å². The lowest BCUT2D eigenvalue weighted by Crippen LogP contribution is -1.95. The Labute approximate surface area is 113 Å². The summed E-state index contributed by atoms with van der Waals surface area (Å²) in [6.45, 7) is 4.92. The predicted octanol–water partition coefficient (Wildman–Crippen LogP) is 4.05. The maximum Gasteiger partial charge on any atom is 0.0232 e. The maximum atomic E-state index is 5.65. The Balaban J connectivity index is 2.04. The SMILES string of the molecule is Cc1ccc(CSc2cccc(CN)c2)cc1C. The van der Waals surface area contributed by atoms with E-state index in [0.29, 0.717) is 6.54 Å². The molecule has 0 aliphatic rings. The van der Waals surface area contributed by atoms with Gasteiger partial charge in [0.15, 0.2) is 0 Å². The summed E-state index contributed by atoms with van der Waals surface area (Å²) in [5, 5.41) is 0. The first-order valence-electron chi connectivity index (χ1n) is 6.17. The Hall–Kier alpha value is -1.25. The third-order valence-corrected chi connectivity index (χ3v) is 4.18. The largest absolute Gasteiger partial charge is 0.326 e. The first-order valence-corrected chi connectivity index (χ1v) is 7.15. The highest BCUT2D eigenvalue weighted by Gasteiger charge is 1.99. The minimum absolute atomic E-state index is 0.609. The van der Waals surface area contributed by atoms with Gasteiger partial charge >= 0.3 is 0 Å². The third-order valence-electron chi connectivity index (χ3n) is 3.11. The molecule has 0 unspecified atom stereocenters. The van der Waals surface area contributed by atoms with Gasteiger partial charge in [0.1, 0.15) is 0 Å². The van der Waals surface area contributed by atoms with Crippen LogP contribution in [0.25, 0.3) is 0 Å². The van der Waals surface area contributed by atoms with Gasteiger partial charge in [0.25, 0.3) is 0 Å². The van der Waals surface area contributed by atoms with Crippen molar-refractivity contribution < 1.29 is 0 Å². The van der Waals surface area contributed by atoms with Crippen LogP contribution in [0.15, 0.2) is 47.4 Å². The lowest BCUT2D eigenvalue weighted by Gasteiger charge is -2.06. The van der Waals surface area contributed by atoms with E-state index in [4.69, 9.17) is 5.73 Å². The number of hydrogen-bond acceptors (Lipinski definition) is 2. The Bertz CT molecular complexity index is 534. The molecule has 0 aromatic heterocycles. The molecule has 2 aromatic carbocycles. The molecule has 2 rings (SSSR count). The van der Waals surface area contributed by atoms with Gasteiger partial charge in [-0.3, -0.25) is 0 Å². The molecule has 0 saturated heterocycles. The molecule has 0 aliphatic heterocycles. The number of hydrogen-bond donors (Lipinski definition) is 1. The number of benzene rings is 2. The second kappa shape index (κ2) is 6.07. The van der Waals surface area contributed by atoms with Crippen molar-refractivity contribution >= 4 is 11.8 Å². The van der Waals surface area contributed by atoms with Crippen molar-refractivity contribution in [2.24, 2.45) is 5.73 Å². The fourth-order valence-corrected chi connectivity index (χ4v) is 2.74. The second-order valence-electron chi connectivity index (χ2n) is 4.56. The van der Waals surface area contributed by atoms with Crippen molar-refractivity contribution in [2.45, 2.75) is 31.0 Å². The van der Waals surface area contributed by atoms with Crippen molar-refractivity contribution in [1.82, 2.24) is 0 Å². The molecule has 94 valence electrons. The molecule has 0 atom stereocenters. The predicted molar refractivity (Wildman–Crippen MR) is 79.8 cm³/mol. The molecule has 0 aliphatic carbocycles. The van der Waals surface area contributed by atoms with Crippen LogP contribution in [0.2, 0.25) is 0 Å². The average Bonchev–Trinajstić information content (AvgIpc) is 2.40. The molecule has 0 fully saturated rings. The van der Waals surface area contributed by atoms with Crippen LogP contribution in [-0.2, 0) is 12.3 Å². The van der Waals surface area contributed by atoms with Crippen molar-refractivity contribution in [3.05, 3.63) is 64.7 Å². The molecule has 0 bridgehead atoms. The molecule has 2 N–H and O–H groups in total. The van der Waals surface area contributed by atoms with E-state index in [9.17, 15) is 0 Å². The summed E-state index contributed by atoms with van der Waals surface area (Å²) in [5.74, 6) is 1.01. The monoisotopic (exact) mass is 257 g/mol. The summed E-state index contributed by atoms with van der Waals surface area (Å²) < 4.78 is 0. The normalized spacial score (nSPS) is 10.6. The number of thioether (sulfide) groups is 1. The maximum absolute atomic E-state index is 5.65. The first-order chi connectivity index (χ1) is 8.69.